The van der Waals surface area contributed by atoms with Crippen LogP contribution in [-0.2, 0) is 22.6 Å². The summed E-state index contributed by atoms with van der Waals surface area (Å²) >= 11 is 12.1. The molecule has 0 saturated carbocycles. The first-order chi connectivity index (χ1) is 12.8. The van der Waals surface area contributed by atoms with Gasteiger partial charge in [-0.1, -0.05) is 41.4 Å². The van der Waals surface area contributed by atoms with Gasteiger partial charge in [-0.3, -0.25) is 9.59 Å². The van der Waals surface area contributed by atoms with E-state index in [1.54, 1.807) is 39.3 Å². The Morgan fingerprint density at radius 1 is 1.15 bits per heavy atom. The standard InChI is InChI=1S/C20H22Cl2N2O3/c1-13(20(26)23-2)24(12-14-4-8-17(27-3)9-5-14)19(25)10-15-6-7-16(21)11-18(15)22/h4-9,11,13H,10,12H2,1-3H3,(H,23,26)/t13-/m1/s1. The van der Waals surface area contributed by atoms with Gasteiger partial charge in [0.1, 0.15) is 11.8 Å². The van der Waals surface area contributed by atoms with Gasteiger partial charge in [0.2, 0.25) is 11.8 Å². The minimum absolute atomic E-state index is 0.0769. The lowest BCUT2D eigenvalue weighted by Gasteiger charge is -2.28. The van der Waals surface area contributed by atoms with Crippen molar-refractivity contribution in [2.24, 2.45) is 0 Å². The van der Waals surface area contributed by atoms with Crippen molar-refractivity contribution in [1.82, 2.24) is 10.2 Å². The highest BCUT2D eigenvalue weighted by Crippen LogP contribution is 2.23. The van der Waals surface area contributed by atoms with E-state index in [4.69, 9.17) is 27.9 Å². The van der Waals surface area contributed by atoms with Gasteiger partial charge >= 0.3 is 0 Å². The third-order valence-corrected chi connectivity index (χ3v) is 4.87. The maximum Gasteiger partial charge on any atom is 0.242 e. The Balaban J connectivity index is 2.24. The minimum Gasteiger partial charge on any atom is -0.497 e. The van der Waals surface area contributed by atoms with E-state index in [9.17, 15) is 9.59 Å². The zero-order valence-corrected chi connectivity index (χ0v) is 17.0. The van der Waals surface area contributed by atoms with Crippen LogP contribution in [0.1, 0.15) is 18.1 Å². The molecule has 0 aliphatic heterocycles. The molecule has 0 fully saturated rings. The largest absolute Gasteiger partial charge is 0.497 e. The summed E-state index contributed by atoms with van der Waals surface area (Å²) in [5, 5.41) is 3.52. The Bertz CT molecular complexity index is 809. The van der Waals surface area contributed by atoms with Gasteiger partial charge < -0.3 is 15.0 Å². The first-order valence-corrected chi connectivity index (χ1v) is 9.19. The molecule has 0 heterocycles. The van der Waals surface area contributed by atoms with E-state index in [1.165, 1.54) is 4.90 Å². The van der Waals surface area contributed by atoms with E-state index in [1.807, 2.05) is 24.3 Å². The Kier molecular flexibility index (Phi) is 7.51. The molecule has 0 bridgehead atoms. The minimum atomic E-state index is -0.629. The second-order valence-electron chi connectivity index (χ2n) is 6.07. The molecule has 0 aromatic heterocycles. The Morgan fingerprint density at radius 3 is 2.37 bits per heavy atom. The lowest BCUT2D eigenvalue weighted by molar-refractivity contribution is -0.139. The molecule has 144 valence electrons. The molecule has 5 nitrogen and oxygen atoms in total. The van der Waals surface area contributed by atoms with Gasteiger partial charge in [0.05, 0.1) is 13.5 Å². The normalized spacial score (nSPS) is 11.6. The monoisotopic (exact) mass is 408 g/mol. The Hall–Kier alpha value is -2.24. The van der Waals surface area contributed by atoms with Crippen molar-refractivity contribution in [1.29, 1.82) is 0 Å². The van der Waals surface area contributed by atoms with Crippen LogP contribution in [0.4, 0.5) is 0 Å². The molecular formula is C20H22Cl2N2O3. The molecule has 0 aliphatic carbocycles. The molecule has 2 aromatic rings. The molecule has 27 heavy (non-hydrogen) atoms. The highest BCUT2D eigenvalue weighted by atomic mass is 35.5. The number of benzene rings is 2. The van der Waals surface area contributed by atoms with E-state index in [-0.39, 0.29) is 18.2 Å². The van der Waals surface area contributed by atoms with Crippen molar-refractivity contribution < 1.29 is 14.3 Å². The second-order valence-corrected chi connectivity index (χ2v) is 6.92. The summed E-state index contributed by atoms with van der Waals surface area (Å²) in [5.74, 6) is 0.286. The highest BCUT2D eigenvalue weighted by molar-refractivity contribution is 6.35. The van der Waals surface area contributed by atoms with Crippen molar-refractivity contribution in [3.8, 4) is 5.75 Å². The number of amides is 2. The first-order valence-electron chi connectivity index (χ1n) is 8.43. The number of carbonyl (C=O) groups is 2. The van der Waals surface area contributed by atoms with E-state index in [2.05, 4.69) is 5.32 Å². The molecular weight excluding hydrogens is 387 g/mol. The molecule has 1 atom stereocenters. The van der Waals surface area contributed by atoms with Crippen LogP contribution < -0.4 is 10.1 Å². The van der Waals surface area contributed by atoms with Crippen LogP contribution in [0.25, 0.3) is 0 Å². The van der Waals surface area contributed by atoms with E-state index < -0.39 is 6.04 Å². The van der Waals surface area contributed by atoms with Crippen LogP contribution in [0, 0.1) is 0 Å². The molecule has 0 unspecified atom stereocenters. The molecule has 2 rings (SSSR count). The molecule has 0 spiro atoms. The third kappa shape index (κ3) is 5.62. The van der Waals surface area contributed by atoms with E-state index >= 15 is 0 Å². The van der Waals surface area contributed by atoms with Gasteiger partial charge in [-0.05, 0) is 42.3 Å². The summed E-state index contributed by atoms with van der Waals surface area (Å²) in [6.45, 7) is 1.99. The second kappa shape index (κ2) is 9.62. The summed E-state index contributed by atoms with van der Waals surface area (Å²) in [4.78, 5) is 26.6. The number of carbonyl (C=O) groups excluding carboxylic acids is 2. The van der Waals surface area contributed by atoms with Crippen LogP contribution in [-0.4, -0.2) is 36.9 Å². The zero-order chi connectivity index (χ0) is 20.0. The van der Waals surface area contributed by atoms with Gasteiger partial charge in [-0.15, -0.1) is 0 Å². The van der Waals surface area contributed by atoms with Gasteiger partial charge in [-0.25, -0.2) is 0 Å². The van der Waals surface area contributed by atoms with Gasteiger partial charge in [0.25, 0.3) is 0 Å². The SMILES string of the molecule is CNC(=O)[C@@H](C)N(Cc1ccc(OC)cc1)C(=O)Cc1ccc(Cl)cc1Cl. The summed E-state index contributed by atoms with van der Waals surface area (Å²) in [6.07, 6.45) is 0.0769. The topological polar surface area (TPSA) is 58.6 Å². The van der Waals surface area contributed by atoms with Crippen LogP contribution in [0.5, 0.6) is 5.75 Å². The van der Waals surface area contributed by atoms with Crippen molar-refractivity contribution in [3.63, 3.8) is 0 Å². The number of nitrogens with one attached hydrogen (secondary N) is 1. The average Bonchev–Trinajstić information content (AvgIpc) is 2.67. The fourth-order valence-corrected chi connectivity index (χ4v) is 3.12. The van der Waals surface area contributed by atoms with Gasteiger partial charge in [-0.2, -0.15) is 0 Å². The lowest BCUT2D eigenvalue weighted by atomic mass is 10.1. The van der Waals surface area contributed by atoms with Crippen molar-refractivity contribution in [2.45, 2.75) is 25.9 Å². The maximum atomic E-state index is 13.0. The fraction of sp³-hybridized carbons (Fsp3) is 0.300. The summed E-state index contributed by atoms with van der Waals surface area (Å²) in [5.41, 5.74) is 1.55. The number of methoxy groups -OCH3 is 1. The van der Waals surface area contributed by atoms with Crippen molar-refractivity contribution in [3.05, 3.63) is 63.6 Å². The number of hydrogen-bond acceptors (Lipinski definition) is 3. The first kappa shape index (κ1) is 21.1. The summed E-state index contributed by atoms with van der Waals surface area (Å²) < 4.78 is 5.16. The average molecular weight is 409 g/mol. The summed E-state index contributed by atoms with van der Waals surface area (Å²) in [6, 6.07) is 11.7. The van der Waals surface area contributed by atoms with Crippen LogP contribution >= 0.6 is 23.2 Å². The predicted octanol–water partition coefficient (Wildman–Crippen LogP) is 3.71. The quantitative estimate of drug-likeness (QED) is 0.759. The number of hydrogen-bond donors (Lipinski definition) is 1. The van der Waals surface area contributed by atoms with Crippen LogP contribution in [0.15, 0.2) is 42.5 Å². The molecule has 1 N–H and O–H groups in total. The summed E-state index contributed by atoms with van der Waals surface area (Å²) in [7, 11) is 3.14. The number of nitrogens with zero attached hydrogens (tertiary/aromatic N) is 1. The smallest absolute Gasteiger partial charge is 0.242 e. The predicted molar refractivity (Wildman–Crippen MR) is 107 cm³/mol. The number of ether oxygens (including phenoxy) is 1. The molecule has 0 aliphatic rings. The molecule has 7 heteroatoms. The molecule has 0 radical (unpaired) electrons. The number of rotatable bonds is 7. The maximum absolute atomic E-state index is 13.0. The van der Waals surface area contributed by atoms with E-state index in [0.29, 0.717) is 22.2 Å². The van der Waals surface area contributed by atoms with Crippen molar-refractivity contribution >= 4 is 35.0 Å². The van der Waals surface area contributed by atoms with Gasteiger partial charge in [0, 0.05) is 23.6 Å². The van der Waals surface area contributed by atoms with Crippen molar-refractivity contribution in [2.75, 3.05) is 14.2 Å². The number of likely N-dealkylation sites (N-methyl/N-ethyl adjacent to an activating group) is 1. The van der Waals surface area contributed by atoms with Crippen LogP contribution in [0.2, 0.25) is 10.0 Å². The highest BCUT2D eigenvalue weighted by Gasteiger charge is 2.26. The van der Waals surface area contributed by atoms with E-state index in [0.717, 1.165) is 11.3 Å². The Labute approximate surface area is 169 Å². The Morgan fingerprint density at radius 2 is 1.81 bits per heavy atom. The third-order valence-electron chi connectivity index (χ3n) is 4.28. The molecule has 0 saturated heterocycles. The number of halogens is 2. The zero-order valence-electron chi connectivity index (χ0n) is 15.5. The molecule has 2 amide bonds. The van der Waals surface area contributed by atoms with Crippen LogP contribution in [0.3, 0.4) is 0 Å². The lowest BCUT2D eigenvalue weighted by Crippen LogP contribution is -2.47. The molecule has 2 aromatic carbocycles. The fourth-order valence-electron chi connectivity index (χ4n) is 2.65. The van der Waals surface area contributed by atoms with Gasteiger partial charge in [0.15, 0.2) is 0 Å².